The molecule has 0 fully saturated rings. The van der Waals surface area contributed by atoms with E-state index in [1.54, 1.807) is 6.07 Å². The van der Waals surface area contributed by atoms with Crippen LogP contribution < -0.4 is 0 Å². The van der Waals surface area contributed by atoms with Crippen molar-refractivity contribution in [3.63, 3.8) is 0 Å². The Labute approximate surface area is 149 Å². The summed E-state index contributed by atoms with van der Waals surface area (Å²) >= 11 is 0. The normalized spacial score (nSPS) is 14.6. The van der Waals surface area contributed by atoms with E-state index in [2.05, 4.69) is 12.1 Å². The van der Waals surface area contributed by atoms with Crippen molar-refractivity contribution in [3.05, 3.63) is 74.8 Å². The second-order valence-electron chi connectivity index (χ2n) is 7.33. The van der Waals surface area contributed by atoms with E-state index in [-0.39, 0.29) is 10.6 Å². The number of hydrogen-bond donors (Lipinski definition) is 0. The van der Waals surface area contributed by atoms with Crippen molar-refractivity contribution < 1.29 is 9.34 Å². The van der Waals surface area contributed by atoms with E-state index in [4.69, 9.17) is 4.42 Å². The van der Waals surface area contributed by atoms with Gasteiger partial charge in [-0.25, -0.2) is 0 Å². The maximum absolute atomic E-state index is 11.6. The summed E-state index contributed by atoms with van der Waals surface area (Å²) in [5.41, 5.74) is 8.49. The zero-order valence-corrected chi connectivity index (χ0v) is 14.0. The molecule has 3 aromatic carbocycles. The first-order valence-electron chi connectivity index (χ1n) is 8.96. The van der Waals surface area contributed by atoms with Crippen LogP contribution in [-0.4, -0.2) is 4.92 Å². The lowest BCUT2D eigenvalue weighted by atomic mass is 9.85. The van der Waals surface area contributed by atoms with Gasteiger partial charge in [-0.2, -0.15) is 0 Å². The molecule has 0 amide bonds. The SMILES string of the molecule is O=[N+]([O-])c1cc2c(cc1-c1ccc3c(c1)oc1cc4c(cc13)CC4)CC2. The summed E-state index contributed by atoms with van der Waals surface area (Å²) in [7, 11) is 0. The molecule has 0 spiro atoms. The summed E-state index contributed by atoms with van der Waals surface area (Å²) in [6.45, 7) is 0. The molecular weight excluding hydrogens is 326 g/mol. The van der Waals surface area contributed by atoms with Crippen molar-refractivity contribution in [2.75, 3.05) is 0 Å². The molecule has 26 heavy (non-hydrogen) atoms. The molecule has 0 saturated carbocycles. The number of nitro benzene ring substituents is 1. The Kier molecular flexibility index (Phi) is 2.56. The van der Waals surface area contributed by atoms with Gasteiger partial charge in [0.25, 0.3) is 5.69 Å². The van der Waals surface area contributed by atoms with Gasteiger partial charge in [0.2, 0.25) is 0 Å². The molecule has 2 aliphatic rings. The van der Waals surface area contributed by atoms with E-state index in [1.165, 1.54) is 16.7 Å². The number of furan rings is 1. The van der Waals surface area contributed by atoms with Crippen LogP contribution in [0.2, 0.25) is 0 Å². The number of benzene rings is 3. The molecule has 0 N–H and O–H groups in total. The third-order valence-corrected chi connectivity index (χ3v) is 5.95. The van der Waals surface area contributed by atoms with Crippen LogP contribution in [-0.2, 0) is 25.7 Å². The largest absolute Gasteiger partial charge is 0.456 e. The highest BCUT2D eigenvalue weighted by Gasteiger charge is 2.24. The van der Waals surface area contributed by atoms with Gasteiger partial charge >= 0.3 is 0 Å². The van der Waals surface area contributed by atoms with Gasteiger partial charge in [-0.05, 0) is 83.8 Å². The number of aryl methyl sites for hydroxylation is 4. The Morgan fingerprint density at radius 1 is 0.769 bits per heavy atom. The van der Waals surface area contributed by atoms with Gasteiger partial charge in [0.15, 0.2) is 0 Å². The molecule has 0 aliphatic heterocycles. The fourth-order valence-corrected chi connectivity index (χ4v) is 4.25. The molecule has 1 heterocycles. The Morgan fingerprint density at radius 2 is 1.42 bits per heavy atom. The molecule has 0 radical (unpaired) electrons. The fourth-order valence-electron chi connectivity index (χ4n) is 4.25. The molecule has 0 unspecified atom stereocenters. The van der Waals surface area contributed by atoms with Crippen LogP contribution in [0.25, 0.3) is 33.1 Å². The van der Waals surface area contributed by atoms with Gasteiger partial charge in [-0.1, -0.05) is 6.07 Å². The lowest BCUT2D eigenvalue weighted by molar-refractivity contribution is -0.384. The minimum atomic E-state index is -0.280. The number of rotatable bonds is 2. The highest BCUT2D eigenvalue weighted by Crippen LogP contribution is 2.40. The average molecular weight is 341 g/mol. The topological polar surface area (TPSA) is 56.3 Å². The summed E-state index contributed by atoms with van der Waals surface area (Å²) in [6, 6.07) is 14.0. The number of nitro groups is 1. The molecule has 6 rings (SSSR count). The molecule has 0 saturated heterocycles. The molecular formula is C22H15NO3. The first-order valence-corrected chi connectivity index (χ1v) is 8.96. The lowest BCUT2D eigenvalue weighted by Crippen LogP contribution is -2.09. The maximum Gasteiger partial charge on any atom is 0.277 e. The summed E-state index contributed by atoms with van der Waals surface area (Å²) in [5, 5.41) is 13.8. The van der Waals surface area contributed by atoms with Gasteiger partial charge in [0.05, 0.1) is 10.5 Å². The Morgan fingerprint density at radius 3 is 2.15 bits per heavy atom. The standard InChI is InChI=1S/C22H15NO3/c24-23(25)20-9-14-3-1-12(14)7-18(20)16-5-6-17-19-8-13-2-4-15(13)10-22(19)26-21(17)11-16/h5-11H,1-4H2. The Balaban J connectivity index is 1.58. The van der Waals surface area contributed by atoms with E-state index in [1.807, 2.05) is 24.3 Å². The highest BCUT2D eigenvalue weighted by molar-refractivity contribution is 6.06. The van der Waals surface area contributed by atoms with E-state index < -0.39 is 0 Å². The third-order valence-electron chi connectivity index (χ3n) is 5.95. The van der Waals surface area contributed by atoms with Crippen LogP contribution >= 0.6 is 0 Å². The van der Waals surface area contributed by atoms with Crippen LogP contribution in [0.15, 0.2) is 46.9 Å². The Bertz CT molecular complexity index is 1270. The predicted octanol–water partition coefficient (Wildman–Crippen LogP) is 5.36. The second kappa shape index (κ2) is 4.73. The molecule has 0 bridgehead atoms. The van der Waals surface area contributed by atoms with Gasteiger partial charge < -0.3 is 4.42 Å². The molecule has 4 nitrogen and oxygen atoms in total. The molecule has 4 heteroatoms. The van der Waals surface area contributed by atoms with E-state index in [0.717, 1.165) is 58.7 Å². The van der Waals surface area contributed by atoms with E-state index >= 15 is 0 Å². The first kappa shape index (κ1) is 14.1. The monoisotopic (exact) mass is 341 g/mol. The molecule has 2 aliphatic carbocycles. The van der Waals surface area contributed by atoms with Crippen molar-refractivity contribution in [3.8, 4) is 11.1 Å². The van der Waals surface area contributed by atoms with Crippen molar-refractivity contribution in [1.29, 1.82) is 0 Å². The summed E-state index contributed by atoms with van der Waals surface area (Å²) in [4.78, 5) is 11.3. The van der Waals surface area contributed by atoms with Crippen molar-refractivity contribution in [2.45, 2.75) is 25.7 Å². The third kappa shape index (κ3) is 1.79. The number of nitrogens with zero attached hydrogens (tertiary/aromatic N) is 1. The first-order chi connectivity index (χ1) is 12.7. The van der Waals surface area contributed by atoms with Gasteiger partial charge in [-0.15, -0.1) is 0 Å². The predicted molar refractivity (Wildman–Crippen MR) is 101 cm³/mol. The van der Waals surface area contributed by atoms with Gasteiger partial charge in [-0.3, -0.25) is 10.1 Å². The zero-order chi connectivity index (χ0) is 17.4. The quantitative estimate of drug-likeness (QED) is 0.364. The van der Waals surface area contributed by atoms with Crippen molar-refractivity contribution in [2.24, 2.45) is 0 Å². The zero-order valence-electron chi connectivity index (χ0n) is 14.0. The smallest absolute Gasteiger partial charge is 0.277 e. The number of fused-ring (bicyclic) bond motifs is 5. The fraction of sp³-hybridized carbons (Fsp3) is 0.182. The summed E-state index contributed by atoms with van der Waals surface area (Å²) in [5.74, 6) is 0. The average Bonchev–Trinajstić information content (AvgIpc) is 2.94. The molecule has 0 atom stereocenters. The Hall–Kier alpha value is -3.14. The minimum absolute atomic E-state index is 0.182. The molecule has 126 valence electrons. The van der Waals surface area contributed by atoms with Crippen molar-refractivity contribution >= 4 is 27.6 Å². The number of hydrogen-bond acceptors (Lipinski definition) is 3. The van der Waals surface area contributed by atoms with Crippen LogP contribution in [0.1, 0.15) is 22.3 Å². The molecule has 4 aromatic rings. The summed E-state index contributed by atoms with van der Waals surface area (Å²) < 4.78 is 6.08. The van der Waals surface area contributed by atoms with Crippen LogP contribution in [0.5, 0.6) is 0 Å². The van der Waals surface area contributed by atoms with E-state index in [0.29, 0.717) is 5.56 Å². The van der Waals surface area contributed by atoms with Crippen LogP contribution in [0.3, 0.4) is 0 Å². The van der Waals surface area contributed by atoms with E-state index in [9.17, 15) is 10.1 Å². The maximum atomic E-state index is 11.6. The summed E-state index contributed by atoms with van der Waals surface area (Å²) in [6.07, 6.45) is 4.19. The molecule has 1 aromatic heterocycles. The lowest BCUT2D eigenvalue weighted by Gasteiger charge is -2.19. The van der Waals surface area contributed by atoms with Crippen molar-refractivity contribution in [1.82, 2.24) is 0 Å². The minimum Gasteiger partial charge on any atom is -0.456 e. The van der Waals surface area contributed by atoms with Gasteiger partial charge in [0.1, 0.15) is 11.2 Å². The van der Waals surface area contributed by atoms with Gasteiger partial charge in [0, 0.05) is 16.8 Å². The van der Waals surface area contributed by atoms with Crippen LogP contribution in [0.4, 0.5) is 5.69 Å². The highest BCUT2D eigenvalue weighted by atomic mass is 16.6. The second-order valence-corrected chi connectivity index (χ2v) is 7.33. The van der Waals surface area contributed by atoms with Crippen LogP contribution in [0, 0.1) is 10.1 Å².